The number of hydrogen-bond donors (Lipinski definition) is 2. The van der Waals surface area contributed by atoms with Crippen LogP contribution >= 0.6 is 23.2 Å². The third-order valence-electron chi connectivity index (χ3n) is 3.16. The zero-order valence-corrected chi connectivity index (χ0v) is 15.4. The highest BCUT2D eigenvalue weighted by molar-refractivity contribution is 6.35. The standard InChI is InChI=1S/C15H15Cl2N5O5/c16-10-3-4-12(11(17)8-10)27-7-1-2-14(23)18-19-15(24)9-21-6-5-13(20-21)22(25)26/h3-6,8H,1-2,7,9H2,(H,18,23)(H,19,24). The number of hydrazine groups is 1. The predicted octanol–water partition coefficient (Wildman–Crippen LogP) is 2.10. The van der Waals surface area contributed by atoms with E-state index in [2.05, 4.69) is 16.0 Å². The number of hydrogen-bond acceptors (Lipinski definition) is 6. The van der Waals surface area contributed by atoms with Gasteiger partial charge >= 0.3 is 5.82 Å². The van der Waals surface area contributed by atoms with Crippen LogP contribution in [0.15, 0.2) is 30.5 Å². The van der Waals surface area contributed by atoms with Gasteiger partial charge in [0.05, 0.1) is 29.0 Å². The van der Waals surface area contributed by atoms with Crippen LogP contribution in [0.4, 0.5) is 5.82 Å². The minimum atomic E-state index is -0.671. The normalized spacial score (nSPS) is 10.3. The Bertz CT molecular complexity index is 842. The zero-order valence-electron chi connectivity index (χ0n) is 13.9. The Labute approximate surface area is 163 Å². The molecule has 0 atom stereocenters. The largest absolute Gasteiger partial charge is 0.492 e. The van der Waals surface area contributed by atoms with Gasteiger partial charge in [0.1, 0.15) is 12.3 Å². The van der Waals surface area contributed by atoms with Gasteiger partial charge in [-0.15, -0.1) is 0 Å². The summed E-state index contributed by atoms with van der Waals surface area (Å²) in [7, 11) is 0. The van der Waals surface area contributed by atoms with Crippen LogP contribution in [-0.4, -0.2) is 33.1 Å². The van der Waals surface area contributed by atoms with Crippen molar-refractivity contribution in [1.82, 2.24) is 20.6 Å². The van der Waals surface area contributed by atoms with E-state index >= 15 is 0 Å². The number of carbonyl (C=O) groups is 2. The van der Waals surface area contributed by atoms with Crippen molar-refractivity contribution in [3.8, 4) is 5.75 Å². The van der Waals surface area contributed by atoms with Crippen molar-refractivity contribution in [2.75, 3.05) is 6.61 Å². The number of halogens is 2. The number of amides is 2. The second-order valence-corrected chi connectivity index (χ2v) is 6.10. The molecular weight excluding hydrogens is 401 g/mol. The van der Waals surface area contributed by atoms with E-state index in [4.69, 9.17) is 27.9 Å². The average Bonchev–Trinajstić information content (AvgIpc) is 3.07. The first kappa shape index (κ1) is 20.5. The van der Waals surface area contributed by atoms with Gasteiger partial charge < -0.3 is 14.9 Å². The number of benzene rings is 1. The first-order valence-corrected chi connectivity index (χ1v) is 8.44. The molecule has 1 heterocycles. The van der Waals surface area contributed by atoms with Gasteiger partial charge in [-0.05, 0) is 29.5 Å². The fourth-order valence-electron chi connectivity index (χ4n) is 1.93. The van der Waals surface area contributed by atoms with Crippen LogP contribution in [0.2, 0.25) is 10.0 Å². The molecule has 0 aliphatic carbocycles. The monoisotopic (exact) mass is 415 g/mol. The first-order valence-electron chi connectivity index (χ1n) is 7.68. The fraction of sp³-hybridized carbons (Fsp3) is 0.267. The molecule has 0 bridgehead atoms. The van der Waals surface area contributed by atoms with Gasteiger partial charge in [-0.3, -0.25) is 20.4 Å². The molecule has 0 aliphatic rings. The Hall–Kier alpha value is -2.85. The third kappa shape index (κ3) is 6.76. The van der Waals surface area contributed by atoms with Crippen molar-refractivity contribution in [2.45, 2.75) is 19.4 Å². The Balaban J connectivity index is 1.63. The molecular formula is C15H15Cl2N5O5. The van der Waals surface area contributed by atoms with E-state index < -0.39 is 16.7 Å². The van der Waals surface area contributed by atoms with Gasteiger partial charge in [0.15, 0.2) is 0 Å². The molecule has 10 nitrogen and oxygen atoms in total. The summed E-state index contributed by atoms with van der Waals surface area (Å²) in [6, 6.07) is 5.98. The number of aromatic nitrogens is 2. The van der Waals surface area contributed by atoms with E-state index in [1.54, 1.807) is 18.2 Å². The molecule has 0 fully saturated rings. The quantitative estimate of drug-likeness (QED) is 0.385. The molecule has 2 aromatic rings. The molecule has 2 N–H and O–H groups in total. The highest BCUT2D eigenvalue weighted by atomic mass is 35.5. The average molecular weight is 416 g/mol. The predicted molar refractivity (Wildman–Crippen MR) is 96.4 cm³/mol. The Kier molecular flexibility index (Phi) is 7.38. The van der Waals surface area contributed by atoms with E-state index in [-0.39, 0.29) is 25.4 Å². The Morgan fingerprint density at radius 3 is 2.63 bits per heavy atom. The molecule has 1 aromatic carbocycles. The van der Waals surface area contributed by atoms with E-state index in [0.717, 1.165) is 4.68 Å². The number of nitro groups is 1. The molecule has 12 heteroatoms. The second kappa shape index (κ2) is 9.74. The summed E-state index contributed by atoms with van der Waals surface area (Å²) in [5, 5.41) is 15.0. The van der Waals surface area contributed by atoms with Gasteiger partial charge in [-0.25, -0.2) is 0 Å². The lowest BCUT2D eigenvalue weighted by Gasteiger charge is -2.09. The van der Waals surface area contributed by atoms with Crippen molar-refractivity contribution in [3.63, 3.8) is 0 Å². The minimum Gasteiger partial charge on any atom is -0.492 e. The van der Waals surface area contributed by atoms with E-state index in [0.29, 0.717) is 22.2 Å². The van der Waals surface area contributed by atoms with Gasteiger partial charge in [-0.1, -0.05) is 23.2 Å². The number of nitrogens with one attached hydrogen (secondary N) is 2. The smallest absolute Gasteiger partial charge is 0.389 e. The summed E-state index contributed by atoms with van der Waals surface area (Å²) >= 11 is 11.7. The van der Waals surface area contributed by atoms with Gasteiger partial charge in [0, 0.05) is 11.4 Å². The molecule has 1 aromatic heterocycles. The second-order valence-electron chi connectivity index (χ2n) is 5.25. The number of rotatable bonds is 8. The Morgan fingerprint density at radius 2 is 1.96 bits per heavy atom. The summed E-state index contributed by atoms with van der Waals surface area (Å²) in [5.41, 5.74) is 4.43. The molecule has 0 saturated carbocycles. The topological polar surface area (TPSA) is 128 Å². The SMILES string of the molecule is O=C(CCCOc1ccc(Cl)cc1Cl)NNC(=O)Cn1ccc([N+](=O)[O-])n1. The Morgan fingerprint density at radius 1 is 1.22 bits per heavy atom. The lowest BCUT2D eigenvalue weighted by molar-refractivity contribution is -0.389. The summed E-state index contributed by atoms with van der Waals surface area (Å²) in [6.45, 7) is -0.0219. The summed E-state index contributed by atoms with van der Waals surface area (Å²) in [6.07, 6.45) is 1.80. The molecule has 2 rings (SSSR count). The highest BCUT2D eigenvalue weighted by Crippen LogP contribution is 2.27. The maximum absolute atomic E-state index is 11.7. The molecule has 0 unspecified atom stereocenters. The maximum Gasteiger partial charge on any atom is 0.389 e. The molecule has 2 amide bonds. The van der Waals surface area contributed by atoms with Crippen molar-refractivity contribution in [2.24, 2.45) is 0 Å². The molecule has 27 heavy (non-hydrogen) atoms. The van der Waals surface area contributed by atoms with Gasteiger partial charge in [0.25, 0.3) is 5.91 Å². The lowest BCUT2D eigenvalue weighted by Crippen LogP contribution is -2.43. The van der Waals surface area contributed by atoms with Crippen LogP contribution in [0.3, 0.4) is 0 Å². The van der Waals surface area contributed by atoms with Gasteiger partial charge in [-0.2, -0.15) is 4.68 Å². The summed E-state index contributed by atoms with van der Waals surface area (Å²) in [4.78, 5) is 33.2. The van der Waals surface area contributed by atoms with Crippen LogP contribution < -0.4 is 15.6 Å². The van der Waals surface area contributed by atoms with Crippen molar-refractivity contribution in [3.05, 3.63) is 50.6 Å². The van der Waals surface area contributed by atoms with E-state index in [1.165, 1.54) is 12.3 Å². The van der Waals surface area contributed by atoms with Gasteiger partial charge in [0.2, 0.25) is 5.91 Å². The fourth-order valence-corrected chi connectivity index (χ4v) is 2.40. The molecule has 0 saturated heterocycles. The summed E-state index contributed by atoms with van der Waals surface area (Å²) in [5.74, 6) is -0.901. The highest BCUT2D eigenvalue weighted by Gasteiger charge is 2.13. The zero-order chi connectivity index (χ0) is 19.8. The first-order chi connectivity index (χ1) is 12.8. The van der Waals surface area contributed by atoms with Crippen molar-refractivity contribution >= 4 is 40.8 Å². The molecule has 0 radical (unpaired) electrons. The van der Waals surface area contributed by atoms with Crippen molar-refractivity contribution < 1.29 is 19.2 Å². The third-order valence-corrected chi connectivity index (χ3v) is 3.69. The molecule has 144 valence electrons. The number of carbonyl (C=O) groups excluding carboxylic acids is 2. The molecule has 0 spiro atoms. The maximum atomic E-state index is 11.7. The van der Waals surface area contributed by atoms with Crippen LogP contribution in [-0.2, 0) is 16.1 Å². The van der Waals surface area contributed by atoms with Crippen LogP contribution in [0, 0.1) is 10.1 Å². The molecule has 0 aliphatic heterocycles. The summed E-state index contributed by atoms with van der Waals surface area (Å²) < 4.78 is 6.53. The number of ether oxygens (including phenoxy) is 1. The van der Waals surface area contributed by atoms with E-state index in [9.17, 15) is 19.7 Å². The van der Waals surface area contributed by atoms with Crippen LogP contribution in [0.1, 0.15) is 12.8 Å². The van der Waals surface area contributed by atoms with Crippen LogP contribution in [0.25, 0.3) is 0 Å². The minimum absolute atomic E-state index is 0.110. The van der Waals surface area contributed by atoms with E-state index in [1.807, 2.05) is 0 Å². The van der Waals surface area contributed by atoms with Crippen LogP contribution in [0.5, 0.6) is 5.75 Å². The lowest BCUT2D eigenvalue weighted by atomic mass is 10.3. The number of nitrogens with zero attached hydrogens (tertiary/aromatic N) is 3. The van der Waals surface area contributed by atoms with Crippen molar-refractivity contribution in [1.29, 1.82) is 0 Å².